The van der Waals surface area contributed by atoms with Gasteiger partial charge in [0.15, 0.2) is 0 Å². The molecule has 0 radical (unpaired) electrons. The van der Waals surface area contributed by atoms with E-state index in [1.165, 1.54) is 5.56 Å². The molecule has 110 valence electrons. The van der Waals surface area contributed by atoms with Gasteiger partial charge in [-0.05, 0) is 54.4 Å². The Hall–Kier alpha value is -2.74. The molecular weight excluding hydrogens is 270 g/mol. The van der Waals surface area contributed by atoms with Gasteiger partial charge in [0.25, 0.3) is 0 Å². The third kappa shape index (κ3) is 3.47. The molecule has 0 unspecified atom stereocenters. The summed E-state index contributed by atoms with van der Waals surface area (Å²) in [5, 5.41) is 3.46. The Labute approximate surface area is 131 Å². The number of aryl methyl sites for hydroxylation is 1. The Morgan fingerprint density at radius 1 is 0.727 bits per heavy atom. The second kappa shape index (κ2) is 6.81. The standard InChI is InChI=1S/C20H19NO/c1-2-16-8-6-7-11-20(16)21-17-12-14-19(15-13-17)22-18-9-4-3-5-10-18/h3-15,21H,2H2,1H3. The van der Waals surface area contributed by atoms with Crippen LogP contribution < -0.4 is 10.1 Å². The number of ether oxygens (including phenoxy) is 1. The van der Waals surface area contributed by atoms with Crippen molar-refractivity contribution in [3.8, 4) is 11.5 Å². The minimum atomic E-state index is 0.834. The third-order valence-corrected chi connectivity index (χ3v) is 3.51. The van der Waals surface area contributed by atoms with Gasteiger partial charge in [-0.3, -0.25) is 0 Å². The van der Waals surface area contributed by atoms with Crippen LogP contribution in [0.25, 0.3) is 0 Å². The fraction of sp³-hybridized carbons (Fsp3) is 0.100. The van der Waals surface area contributed by atoms with Crippen molar-refractivity contribution >= 4 is 11.4 Å². The van der Waals surface area contributed by atoms with Crippen LogP contribution in [-0.2, 0) is 6.42 Å². The van der Waals surface area contributed by atoms with Gasteiger partial charge >= 0.3 is 0 Å². The molecule has 2 heteroatoms. The second-order valence-electron chi connectivity index (χ2n) is 5.08. The predicted molar refractivity (Wildman–Crippen MR) is 92.1 cm³/mol. The summed E-state index contributed by atoms with van der Waals surface area (Å²) in [7, 11) is 0. The van der Waals surface area contributed by atoms with Gasteiger partial charge < -0.3 is 10.1 Å². The van der Waals surface area contributed by atoms with E-state index in [0.29, 0.717) is 0 Å². The van der Waals surface area contributed by atoms with Gasteiger partial charge in [-0.2, -0.15) is 0 Å². The maximum Gasteiger partial charge on any atom is 0.127 e. The van der Waals surface area contributed by atoms with Crippen LogP contribution in [0.2, 0.25) is 0 Å². The molecule has 0 amide bonds. The monoisotopic (exact) mass is 289 g/mol. The zero-order valence-corrected chi connectivity index (χ0v) is 12.6. The Balaban J connectivity index is 1.72. The molecular formula is C20H19NO. The van der Waals surface area contributed by atoms with Crippen molar-refractivity contribution in [3.63, 3.8) is 0 Å². The molecule has 0 bridgehead atoms. The highest BCUT2D eigenvalue weighted by molar-refractivity contribution is 5.63. The van der Waals surface area contributed by atoms with Gasteiger partial charge in [0.05, 0.1) is 0 Å². The van der Waals surface area contributed by atoms with E-state index in [0.717, 1.165) is 29.3 Å². The van der Waals surface area contributed by atoms with E-state index < -0.39 is 0 Å². The Morgan fingerprint density at radius 3 is 2.09 bits per heavy atom. The number of anilines is 2. The minimum absolute atomic E-state index is 0.834. The van der Waals surface area contributed by atoms with Gasteiger partial charge in [-0.15, -0.1) is 0 Å². The fourth-order valence-electron chi connectivity index (χ4n) is 2.34. The van der Waals surface area contributed by atoms with Crippen LogP contribution in [0.5, 0.6) is 11.5 Å². The second-order valence-corrected chi connectivity index (χ2v) is 5.08. The van der Waals surface area contributed by atoms with Crippen LogP contribution in [0.15, 0.2) is 78.9 Å². The molecule has 0 spiro atoms. The lowest BCUT2D eigenvalue weighted by molar-refractivity contribution is 0.483. The molecule has 0 saturated heterocycles. The Bertz CT molecular complexity index is 720. The van der Waals surface area contributed by atoms with E-state index in [-0.39, 0.29) is 0 Å². The molecule has 3 aromatic carbocycles. The van der Waals surface area contributed by atoms with Crippen LogP contribution in [-0.4, -0.2) is 0 Å². The van der Waals surface area contributed by atoms with Gasteiger partial charge in [0, 0.05) is 11.4 Å². The molecule has 3 aromatic rings. The van der Waals surface area contributed by atoms with Crippen LogP contribution in [0.4, 0.5) is 11.4 Å². The Morgan fingerprint density at radius 2 is 1.36 bits per heavy atom. The summed E-state index contributed by atoms with van der Waals surface area (Å²) < 4.78 is 5.80. The lowest BCUT2D eigenvalue weighted by Crippen LogP contribution is -1.94. The lowest BCUT2D eigenvalue weighted by atomic mass is 10.1. The van der Waals surface area contributed by atoms with Crippen LogP contribution >= 0.6 is 0 Å². The van der Waals surface area contributed by atoms with Gasteiger partial charge in [0.2, 0.25) is 0 Å². The molecule has 0 fully saturated rings. The van der Waals surface area contributed by atoms with Crippen molar-refractivity contribution in [3.05, 3.63) is 84.4 Å². The first-order chi connectivity index (χ1) is 10.8. The van der Waals surface area contributed by atoms with Crippen molar-refractivity contribution in [1.29, 1.82) is 0 Å². The predicted octanol–water partition coefficient (Wildman–Crippen LogP) is 5.78. The van der Waals surface area contributed by atoms with Crippen LogP contribution in [0, 0.1) is 0 Å². The summed E-state index contributed by atoms with van der Waals surface area (Å²) in [5.74, 6) is 1.68. The maximum atomic E-state index is 5.80. The summed E-state index contributed by atoms with van der Waals surface area (Å²) in [6.07, 6.45) is 1.01. The number of rotatable bonds is 5. The topological polar surface area (TPSA) is 21.3 Å². The summed E-state index contributed by atoms with van der Waals surface area (Å²) >= 11 is 0. The summed E-state index contributed by atoms with van der Waals surface area (Å²) in [6, 6.07) is 26.2. The van der Waals surface area contributed by atoms with Crippen molar-refractivity contribution in [2.24, 2.45) is 0 Å². The van der Waals surface area contributed by atoms with Gasteiger partial charge in [-0.1, -0.05) is 43.3 Å². The number of para-hydroxylation sites is 2. The van der Waals surface area contributed by atoms with E-state index >= 15 is 0 Å². The highest BCUT2D eigenvalue weighted by Gasteiger charge is 2.01. The molecule has 0 aliphatic carbocycles. The highest BCUT2D eigenvalue weighted by atomic mass is 16.5. The molecule has 0 aromatic heterocycles. The first-order valence-electron chi connectivity index (χ1n) is 7.53. The molecule has 0 heterocycles. The largest absolute Gasteiger partial charge is 0.457 e. The normalized spacial score (nSPS) is 10.2. The SMILES string of the molecule is CCc1ccccc1Nc1ccc(Oc2ccccc2)cc1. The van der Waals surface area contributed by atoms with Gasteiger partial charge in [0.1, 0.15) is 11.5 Å². The third-order valence-electron chi connectivity index (χ3n) is 3.51. The number of nitrogens with one attached hydrogen (secondary N) is 1. The molecule has 0 aliphatic heterocycles. The summed E-state index contributed by atoms with van der Waals surface area (Å²) in [5.41, 5.74) is 3.52. The van der Waals surface area contributed by atoms with E-state index in [2.05, 4.69) is 30.4 Å². The van der Waals surface area contributed by atoms with Crippen molar-refractivity contribution in [1.82, 2.24) is 0 Å². The van der Waals surface area contributed by atoms with Crippen molar-refractivity contribution in [2.75, 3.05) is 5.32 Å². The Kier molecular flexibility index (Phi) is 4.40. The van der Waals surface area contributed by atoms with Crippen molar-refractivity contribution < 1.29 is 4.74 Å². The van der Waals surface area contributed by atoms with E-state index in [4.69, 9.17) is 4.74 Å². The smallest absolute Gasteiger partial charge is 0.127 e. The number of hydrogen-bond acceptors (Lipinski definition) is 2. The quantitative estimate of drug-likeness (QED) is 0.642. The summed E-state index contributed by atoms with van der Waals surface area (Å²) in [6.45, 7) is 2.16. The first kappa shape index (κ1) is 14.2. The number of benzene rings is 3. The van der Waals surface area contributed by atoms with E-state index in [9.17, 15) is 0 Å². The van der Waals surface area contributed by atoms with Crippen LogP contribution in [0.3, 0.4) is 0 Å². The maximum absolute atomic E-state index is 5.80. The van der Waals surface area contributed by atoms with E-state index in [1.807, 2.05) is 60.7 Å². The van der Waals surface area contributed by atoms with Crippen molar-refractivity contribution in [2.45, 2.75) is 13.3 Å². The fourth-order valence-corrected chi connectivity index (χ4v) is 2.34. The molecule has 3 rings (SSSR count). The molecule has 22 heavy (non-hydrogen) atoms. The number of hydrogen-bond donors (Lipinski definition) is 1. The highest BCUT2D eigenvalue weighted by Crippen LogP contribution is 2.25. The minimum Gasteiger partial charge on any atom is -0.457 e. The molecule has 1 N–H and O–H groups in total. The first-order valence-corrected chi connectivity index (χ1v) is 7.53. The zero-order valence-electron chi connectivity index (χ0n) is 12.6. The lowest BCUT2D eigenvalue weighted by Gasteiger charge is -2.11. The van der Waals surface area contributed by atoms with E-state index in [1.54, 1.807) is 0 Å². The molecule has 0 saturated carbocycles. The van der Waals surface area contributed by atoms with Gasteiger partial charge in [-0.25, -0.2) is 0 Å². The molecule has 0 aliphatic rings. The molecule has 0 atom stereocenters. The zero-order chi connectivity index (χ0) is 15.2. The average molecular weight is 289 g/mol. The molecule has 2 nitrogen and oxygen atoms in total. The summed E-state index contributed by atoms with van der Waals surface area (Å²) in [4.78, 5) is 0. The van der Waals surface area contributed by atoms with Crippen LogP contribution in [0.1, 0.15) is 12.5 Å². The average Bonchev–Trinajstić information content (AvgIpc) is 2.58.